The molecular formula is C16H36NO5PS. The molecule has 0 rings (SSSR count). The Morgan fingerprint density at radius 2 is 1.12 bits per heavy atom. The molecule has 146 valence electrons. The van der Waals surface area contributed by atoms with E-state index in [4.69, 9.17) is 4.89 Å². The molecule has 6 nitrogen and oxygen atoms in total. The van der Waals surface area contributed by atoms with Crippen molar-refractivity contribution < 1.29 is 21.8 Å². The van der Waals surface area contributed by atoms with Crippen molar-refractivity contribution in [3.05, 3.63) is 0 Å². The smallest absolute Gasteiger partial charge is 0.312 e. The summed E-state index contributed by atoms with van der Waals surface area (Å²) in [4.78, 5) is 8.70. The molecule has 0 heterocycles. The summed E-state index contributed by atoms with van der Waals surface area (Å²) in [5.74, 6) is -0.257. The zero-order chi connectivity index (χ0) is 18.3. The third-order valence-corrected chi connectivity index (χ3v) is 6.52. The van der Waals surface area contributed by atoms with Crippen molar-refractivity contribution in [1.29, 1.82) is 0 Å². The zero-order valence-electron chi connectivity index (χ0n) is 15.1. The van der Waals surface area contributed by atoms with E-state index in [9.17, 15) is 13.0 Å². The van der Waals surface area contributed by atoms with Crippen LogP contribution in [0.5, 0.6) is 0 Å². The van der Waals surface area contributed by atoms with Crippen LogP contribution < -0.4 is 5.50 Å². The minimum atomic E-state index is -4.46. The maximum absolute atomic E-state index is 11.3. The van der Waals surface area contributed by atoms with Gasteiger partial charge in [-0.15, -0.1) is 0 Å². The highest BCUT2D eigenvalue weighted by atomic mass is 32.2. The van der Waals surface area contributed by atoms with E-state index in [2.05, 4.69) is 16.4 Å². The van der Waals surface area contributed by atoms with Crippen molar-refractivity contribution in [3.8, 4) is 0 Å². The molecule has 0 radical (unpaired) electrons. The molecule has 0 aliphatic heterocycles. The predicted octanol–water partition coefficient (Wildman–Crippen LogP) is 4.87. The van der Waals surface area contributed by atoms with Gasteiger partial charge in [-0.25, -0.2) is 10.1 Å². The van der Waals surface area contributed by atoms with Crippen LogP contribution in [0.15, 0.2) is 0 Å². The molecule has 0 saturated heterocycles. The maximum Gasteiger partial charge on any atom is 0.415 e. The molecule has 0 aliphatic carbocycles. The highest BCUT2D eigenvalue weighted by Gasteiger charge is 2.22. The molecule has 0 spiro atoms. The lowest BCUT2D eigenvalue weighted by molar-refractivity contribution is 0.377. The molecule has 0 saturated carbocycles. The number of rotatable bonds is 17. The number of hydrogen-bond acceptors (Lipinski definition) is 4. The molecule has 1 atom stereocenters. The van der Waals surface area contributed by atoms with Crippen LogP contribution in [-0.2, 0) is 18.7 Å². The summed E-state index contributed by atoms with van der Waals surface area (Å²) in [7, 11) is -8.46. The summed E-state index contributed by atoms with van der Waals surface area (Å²) in [5.41, 5.74) is 4.68. The normalized spacial score (nSPS) is 14.6. The Morgan fingerprint density at radius 3 is 1.46 bits per heavy atom. The summed E-state index contributed by atoms with van der Waals surface area (Å²) in [5, 5.41) is 0. The topological polar surface area (TPSA) is 107 Å². The molecule has 0 fully saturated rings. The molecule has 24 heavy (non-hydrogen) atoms. The minimum absolute atomic E-state index is 0.257. The second kappa shape index (κ2) is 14.3. The monoisotopic (exact) mass is 385 g/mol. The largest absolute Gasteiger partial charge is 0.415 e. The number of unbranched alkanes of at least 4 members (excludes halogenated alkanes) is 13. The van der Waals surface area contributed by atoms with Gasteiger partial charge >= 0.3 is 7.75 Å². The van der Waals surface area contributed by atoms with Crippen molar-refractivity contribution in [2.45, 2.75) is 96.8 Å². The van der Waals surface area contributed by atoms with Crippen molar-refractivity contribution in [2.75, 3.05) is 5.75 Å². The van der Waals surface area contributed by atoms with Gasteiger partial charge in [-0.1, -0.05) is 90.4 Å². The van der Waals surface area contributed by atoms with Crippen molar-refractivity contribution in [3.63, 3.8) is 0 Å². The standard InChI is InChI=1S/C16H36NO5PS/c1-2-3-4-5-6-7-8-9-10-11-12-13-14-15-16-24(20,21)22-23(17,18)19/h2-16H2,1H3,(H3,17,18,19). The fourth-order valence-electron chi connectivity index (χ4n) is 2.67. The van der Waals surface area contributed by atoms with Crippen LogP contribution in [0.25, 0.3) is 0 Å². The van der Waals surface area contributed by atoms with E-state index in [0.29, 0.717) is 6.42 Å². The number of hydrogen-bond donors (Lipinski definition) is 2. The van der Waals surface area contributed by atoms with Gasteiger partial charge in [0.1, 0.15) is 0 Å². The van der Waals surface area contributed by atoms with Crippen LogP contribution >= 0.6 is 7.75 Å². The Kier molecular flexibility index (Phi) is 14.3. The van der Waals surface area contributed by atoms with E-state index in [1.165, 1.54) is 64.2 Å². The third-order valence-electron chi connectivity index (χ3n) is 3.97. The molecule has 0 aromatic heterocycles. The van der Waals surface area contributed by atoms with Gasteiger partial charge in [0.2, 0.25) is 0 Å². The molecule has 0 amide bonds. The molecular weight excluding hydrogens is 349 g/mol. The van der Waals surface area contributed by atoms with Crippen LogP contribution in [0.1, 0.15) is 96.8 Å². The average Bonchev–Trinajstić information content (AvgIpc) is 2.45. The van der Waals surface area contributed by atoms with Crippen LogP contribution in [-0.4, -0.2) is 19.1 Å². The summed E-state index contributed by atoms with van der Waals surface area (Å²) in [6.07, 6.45) is 16.4. The molecule has 1 unspecified atom stereocenters. The highest BCUT2D eigenvalue weighted by Crippen LogP contribution is 2.34. The van der Waals surface area contributed by atoms with Gasteiger partial charge in [0.05, 0.1) is 5.75 Å². The van der Waals surface area contributed by atoms with Crippen molar-refractivity contribution >= 4 is 17.9 Å². The zero-order valence-corrected chi connectivity index (χ0v) is 16.8. The van der Waals surface area contributed by atoms with Crippen LogP contribution in [0.3, 0.4) is 0 Å². The molecule has 0 aromatic carbocycles. The van der Waals surface area contributed by atoms with Crippen LogP contribution in [0, 0.1) is 0 Å². The summed E-state index contributed by atoms with van der Waals surface area (Å²) >= 11 is 0. The van der Waals surface area contributed by atoms with Crippen molar-refractivity contribution in [2.24, 2.45) is 5.50 Å². The number of nitrogens with two attached hydrogens (primary N) is 1. The average molecular weight is 386 g/mol. The van der Waals surface area contributed by atoms with Gasteiger partial charge in [0, 0.05) is 0 Å². The molecule has 0 aliphatic rings. The fraction of sp³-hybridized carbons (Fsp3) is 1.00. The van der Waals surface area contributed by atoms with E-state index in [-0.39, 0.29) is 5.75 Å². The Morgan fingerprint density at radius 1 is 0.792 bits per heavy atom. The predicted molar refractivity (Wildman–Crippen MR) is 99.2 cm³/mol. The van der Waals surface area contributed by atoms with Gasteiger partial charge in [-0.05, 0) is 6.42 Å². The molecule has 3 N–H and O–H groups in total. The first kappa shape index (κ1) is 24.1. The molecule has 0 aromatic rings. The van der Waals surface area contributed by atoms with Gasteiger partial charge in [0.25, 0.3) is 10.1 Å². The van der Waals surface area contributed by atoms with E-state index in [1.54, 1.807) is 0 Å². The van der Waals surface area contributed by atoms with Crippen LogP contribution in [0.4, 0.5) is 0 Å². The Labute approximate surface area is 148 Å². The fourth-order valence-corrected chi connectivity index (χ4v) is 4.83. The molecule has 8 heteroatoms. The summed E-state index contributed by atoms with van der Waals surface area (Å²) in [6.45, 7) is 2.24. The quantitative estimate of drug-likeness (QED) is 0.273. The lowest BCUT2D eigenvalue weighted by Crippen LogP contribution is -2.12. The van der Waals surface area contributed by atoms with E-state index >= 15 is 0 Å². The lowest BCUT2D eigenvalue weighted by Gasteiger charge is -2.07. The lowest BCUT2D eigenvalue weighted by atomic mass is 10.0. The first-order valence-corrected chi connectivity index (χ1v) is 12.5. The molecule has 0 bridgehead atoms. The van der Waals surface area contributed by atoms with E-state index in [1.807, 2.05) is 0 Å². The second-order valence-electron chi connectivity index (χ2n) is 6.50. The maximum atomic E-state index is 11.3. The Hall–Kier alpha value is 0.0600. The van der Waals surface area contributed by atoms with E-state index in [0.717, 1.165) is 19.3 Å². The van der Waals surface area contributed by atoms with E-state index < -0.39 is 17.9 Å². The van der Waals surface area contributed by atoms with Gasteiger partial charge < -0.3 is 4.89 Å². The second-order valence-corrected chi connectivity index (χ2v) is 9.74. The first-order chi connectivity index (χ1) is 11.3. The van der Waals surface area contributed by atoms with Gasteiger partial charge in [-0.3, -0.25) is 0 Å². The summed E-state index contributed by atoms with van der Waals surface area (Å²) < 4.78 is 37.4. The van der Waals surface area contributed by atoms with Crippen LogP contribution in [0.2, 0.25) is 0 Å². The Balaban J connectivity index is 3.33. The van der Waals surface area contributed by atoms with Gasteiger partial charge in [0.15, 0.2) is 0 Å². The summed E-state index contributed by atoms with van der Waals surface area (Å²) in [6, 6.07) is 0. The highest BCUT2D eigenvalue weighted by molar-refractivity contribution is 7.90. The van der Waals surface area contributed by atoms with Gasteiger partial charge in [-0.2, -0.15) is 12.4 Å². The first-order valence-electron chi connectivity index (χ1n) is 9.32. The third kappa shape index (κ3) is 18.4. The Bertz CT molecular complexity index is 436. The minimum Gasteiger partial charge on any atom is -0.312 e. The SMILES string of the molecule is CCCCCCCCCCCCCCCCS(=O)(=O)OP(N)(=O)O. The van der Waals surface area contributed by atoms with Crippen molar-refractivity contribution in [1.82, 2.24) is 0 Å².